The lowest BCUT2D eigenvalue weighted by molar-refractivity contribution is -0.126. The molecule has 0 aromatic heterocycles. The molecule has 0 atom stereocenters. The van der Waals surface area contributed by atoms with Crippen molar-refractivity contribution in [1.29, 1.82) is 0 Å². The number of amides is 2. The summed E-state index contributed by atoms with van der Waals surface area (Å²) in [6.07, 6.45) is 0. The highest BCUT2D eigenvalue weighted by atomic mass is 16.3. The zero-order chi connectivity index (χ0) is 23.2. The van der Waals surface area contributed by atoms with Gasteiger partial charge in [0.05, 0.1) is 22.5 Å². The van der Waals surface area contributed by atoms with E-state index < -0.39 is 25.3 Å². The van der Waals surface area contributed by atoms with Gasteiger partial charge in [-0.25, -0.2) is 0 Å². The minimum Gasteiger partial charge on any atom is -0.378 e. The van der Waals surface area contributed by atoms with Crippen LogP contribution in [0.5, 0.6) is 0 Å². The predicted octanol–water partition coefficient (Wildman–Crippen LogP) is 1.52. The van der Waals surface area contributed by atoms with E-state index in [0.29, 0.717) is 22.5 Å². The van der Waals surface area contributed by atoms with Crippen molar-refractivity contribution < 1.29 is 19.8 Å². The third kappa shape index (κ3) is 3.24. The van der Waals surface area contributed by atoms with Crippen LogP contribution >= 0.6 is 0 Å². The van der Waals surface area contributed by atoms with Crippen molar-refractivity contribution >= 4 is 34.6 Å². The number of rotatable bonds is 6. The molecule has 2 aromatic rings. The molecule has 2 aliphatic rings. The molecule has 0 bridgehead atoms. The Hall–Kier alpha value is -3.62. The van der Waals surface area contributed by atoms with Crippen LogP contribution in [-0.4, -0.2) is 73.5 Å². The summed E-state index contributed by atoms with van der Waals surface area (Å²) in [4.78, 5) is 33.0. The van der Waals surface area contributed by atoms with Crippen LogP contribution in [0.1, 0.15) is 11.1 Å². The number of hydrogen-bond donors (Lipinski definition) is 2. The Kier molecular flexibility index (Phi) is 5.50. The van der Waals surface area contributed by atoms with Gasteiger partial charge in [0.2, 0.25) is 0 Å². The Morgan fingerprint density at radius 2 is 0.938 bits per heavy atom. The maximum Gasteiger partial charge on any atom is 0.263 e. The summed E-state index contributed by atoms with van der Waals surface area (Å²) in [5, 5.41) is 20.0. The monoisotopic (exact) mass is 434 g/mol. The first-order valence-corrected chi connectivity index (χ1v) is 10.2. The smallest absolute Gasteiger partial charge is 0.263 e. The summed E-state index contributed by atoms with van der Waals surface area (Å²) >= 11 is 0. The Labute approximate surface area is 186 Å². The van der Waals surface area contributed by atoms with Gasteiger partial charge < -0.3 is 20.0 Å². The maximum atomic E-state index is 13.3. The van der Waals surface area contributed by atoms with Crippen LogP contribution in [-0.2, 0) is 9.59 Å². The van der Waals surface area contributed by atoms with Gasteiger partial charge in [0.15, 0.2) is 0 Å². The summed E-state index contributed by atoms with van der Waals surface area (Å²) in [6, 6.07) is 14.8. The Bertz CT molecular complexity index is 1040. The molecule has 0 saturated carbocycles. The highest BCUT2D eigenvalue weighted by Crippen LogP contribution is 2.46. The van der Waals surface area contributed by atoms with Gasteiger partial charge in [0.1, 0.15) is 13.5 Å². The van der Waals surface area contributed by atoms with Gasteiger partial charge in [0.25, 0.3) is 11.8 Å². The fourth-order valence-electron chi connectivity index (χ4n) is 4.10. The summed E-state index contributed by atoms with van der Waals surface area (Å²) in [5.74, 6) is -0.935. The number of hydrogen-bond acceptors (Lipinski definition) is 6. The second-order valence-corrected chi connectivity index (χ2v) is 8.08. The van der Waals surface area contributed by atoms with Crippen LogP contribution in [0.15, 0.2) is 59.7 Å². The number of anilines is 2. The van der Waals surface area contributed by atoms with Crippen molar-refractivity contribution in [1.82, 2.24) is 9.80 Å². The van der Waals surface area contributed by atoms with Crippen LogP contribution in [0.25, 0.3) is 11.4 Å². The SMILES string of the molecule is CN(C)c1ccc(C2=C3C(=O)N(CO)C(c4ccc(N(C)C)cc4)=C3C(=O)N2CO)cc1. The Balaban J connectivity index is 1.92. The molecule has 2 heterocycles. The number of aliphatic hydroxyl groups excluding tert-OH is 2. The average molecular weight is 434 g/mol. The number of aliphatic hydroxyl groups is 2. The van der Waals surface area contributed by atoms with Gasteiger partial charge in [-0.05, 0) is 35.4 Å². The molecule has 4 rings (SSSR count). The zero-order valence-corrected chi connectivity index (χ0v) is 18.5. The lowest BCUT2D eigenvalue weighted by atomic mass is 10.0. The fourth-order valence-corrected chi connectivity index (χ4v) is 4.10. The van der Waals surface area contributed by atoms with E-state index in [1.807, 2.05) is 86.5 Å². The van der Waals surface area contributed by atoms with Crippen LogP contribution in [0.4, 0.5) is 11.4 Å². The first-order chi connectivity index (χ1) is 15.3. The normalized spacial score (nSPS) is 15.8. The van der Waals surface area contributed by atoms with E-state index in [4.69, 9.17) is 0 Å². The maximum absolute atomic E-state index is 13.3. The molecule has 8 heteroatoms. The number of nitrogens with zero attached hydrogens (tertiary/aromatic N) is 4. The van der Waals surface area contributed by atoms with Crippen LogP contribution < -0.4 is 9.80 Å². The summed E-state index contributed by atoms with van der Waals surface area (Å²) < 4.78 is 0. The molecule has 2 N–H and O–H groups in total. The molecular formula is C24H26N4O4. The van der Waals surface area contributed by atoms with Gasteiger partial charge in [-0.15, -0.1) is 0 Å². The molecule has 0 fully saturated rings. The highest BCUT2D eigenvalue weighted by molar-refractivity contribution is 6.30. The molecule has 2 amide bonds. The molecule has 2 aromatic carbocycles. The minimum absolute atomic E-state index is 0.197. The largest absolute Gasteiger partial charge is 0.378 e. The highest BCUT2D eigenvalue weighted by Gasteiger charge is 2.48. The quantitative estimate of drug-likeness (QED) is 0.717. The van der Waals surface area contributed by atoms with Crippen LogP contribution in [0, 0.1) is 0 Å². The lowest BCUT2D eigenvalue weighted by Crippen LogP contribution is -2.30. The number of benzene rings is 2. The second kappa shape index (κ2) is 8.14. The Morgan fingerprint density at radius 3 is 1.19 bits per heavy atom. The van der Waals surface area contributed by atoms with Gasteiger partial charge in [-0.2, -0.15) is 0 Å². The van der Waals surface area contributed by atoms with Gasteiger partial charge in [-0.1, -0.05) is 24.3 Å². The predicted molar refractivity (Wildman–Crippen MR) is 123 cm³/mol. The molecule has 8 nitrogen and oxygen atoms in total. The van der Waals surface area contributed by atoms with Crippen molar-refractivity contribution in [2.75, 3.05) is 51.5 Å². The zero-order valence-electron chi connectivity index (χ0n) is 18.5. The van der Waals surface area contributed by atoms with E-state index in [9.17, 15) is 19.8 Å². The molecule has 0 aliphatic carbocycles. The Morgan fingerprint density at radius 1 is 0.625 bits per heavy atom. The van der Waals surface area contributed by atoms with E-state index >= 15 is 0 Å². The van der Waals surface area contributed by atoms with Crippen molar-refractivity contribution in [3.8, 4) is 0 Å². The second-order valence-electron chi connectivity index (χ2n) is 8.08. The van der Waals surface area contributed by atoms with Crippen LogP contribution in [0.3, 0.4) is 0 Å². The van der Waals surface area contributed by atoms with Crippen LogP contribution in [0.2, 0.25) is 0 Å². The molecular weight excluding hydrogens is 408 g/mol. The van der Waals surface area contributed by atoms with E-state index in [-0.39, 0.29) is 11.1 Å². The topological polar surface area (TPSA) is 87.6 Å². The van der Waals surface area contributed by atoms with Gasteiger partial charge >= 0.3 is 0 Å². The van der Waals surface area contributed by atoms with Crippen molar-refractivity contribution in [2.24, 2.45) is 0 Å². The number of fused-ring (bicyclic) bond motifs is 1. The fraction of sp³-hybridized carbons (Fsp3) is 0.250. The van der Waals surface area contributed by atoms with E-state index in [2.05, 4.69) is 0 Å². The number of carbonyl (C=O) groups excluding carboxylic acids is 2. The minimum atomic E-state index is -0.560. The first kappa shape index (κ1) is 21.6. The summed E-state index contributed by atoms with van der Waals surface area (Å²) in [5.41, 5.74) is 4.29. The third-order valence-electron chi connectivity index (χ3n) is 5.78. The molecule has 0 unspecified atom stereocenters. The molecule has 0 saturated heterocycles. The van der Waals surface area contributed by atoms with E-state index in [0.717, 1.165) is 11.4 Å². The van der Waals surface area contributed by atoms with Gasteiger partial charge in [0, 0.05) is 39.6 Å². The summed E-state index contributed by atoms with van der Waals surface area (Å²) in [6.45, 7) is -1.12. The van der Waals surface area contributed by atoms with Gasteiger partial charge in [-0.3, -0.25) is 19.4 Å². The molecule has 0 radical (unpaired) electrons. The molecule has 32 heavy (non-hydrogen) atoms. The van der Waals surface area contributed by atoms with E-state index in [1.165, 1.54) is 9.80 Å². The van der Waals surface area contributed by atoms with Crippen molar-refractivity contribution in [3.63, 3.8) is 0 Å². The summed E-state index contributed by atoms with van der Waals surface area (Å²) in [7, 11) is 7.68. The van der Waals surface area contributed by atoms with Crippen molar-refractivity contribution in [3.05, 3.63) is 70.8 Å². The molecule has 2 aliphatic heterocycles. The third-order valence-corrected chi connectivity index (χ3v) is 5.78. The van der Waals surface area contributed by atoms with Crippen molar-refractivity contribution in [2.45, 2.75) is 0 Å². The first-order valence-electron chi connectivity index (χ1n) is 10.2. The standard InChI is InChI=1S/C24H26N4O4/c1-25(2)17-9-5-15(6-10-17)21-19-20(24(32)27(21)13-29)22(28(14-30)23(19)31)16-7-11-18(12-8-16)26(3)4/h5-12,29-30H,13-14H2,1-4H3. The lowest BCUT2D eigenvalue weighted by Gasteiger charge is -2.23. The molecule has 0 spiro atoms. The van der Waals surface area contributed by atoms with E-state index in [1.54, 1.807) is 0 Å². The molecule has 166 valence electrons. The number of carbonyl (C=O) groups is 2. The average Bonchev–Trinajstić information content (AvgIpc) is 3.24.